The Bertz CT molecular complexity index is 1110. The van der Waals surface area contributed by atoms with E-state index in [-0.39, 0.29) is 0 Å². The van der Waals surface area contributed by atoms with Crippen molar-refractivity contribution in [2.75, 3.05) is 0 Å². The van der Waals surface area contributed by atoms with Gasteiger partial charge in [-0.05, 0) is 41.2 Å². The maximum atomic E-state index is 2.58. The summed E-state index contributed by atoms with van der Waals surface area (Å²) in [4.78, 5) is 0. The fourth-order valence-corrected chi connectivity index (χ4v) is 9.32. The van der Waals surface area contributed by atoms with Crippen LogP contribution < -0.4 is 0 Å². The first-order valence-electron chi connectivity index (χ1n) is 10.7. The molecule has 3 aliphatic carbocycles. The zero-order chi connectivity index (χ0) is 20.0. The molecule has 0 saturated carbocycles. The van der Waals surface area contributed by atoms with Gasteiger partial charge in [0.1, 0.15) is 0 Å². The van der Waals surface area contributed by atoms with E-state index in [0.717, 1.165) is 6.42 Å². The van der Waals surface area contributed by atoms with Crippen LogP contribution in [0, 0.1) is 0 Å². The predicted octanol–water partition coefficient (Wildman–Crippen LogP) is 7.41. The van der Waals surface area contributed by atoms with E-state index in [4.69, 9.17) is 0 Å². The highest BCUT2D eigenvalue weighted by molar-refractivity contribution is 6.87. The van der Waals surface area contributed by atoms with Crippen LogP contribution in [-0.2, 0) is 6.42 Å². The SMILES string of the molecule is CC1=CC2=C(C=CC=CC2c2ccccc2)C1[Si](C)(C)C1=Cc2ccccc2C1. The summed E-state index contributed by atoms with van der Waals surface area (Å²) in [5, 5.41) is 1.69. The second-order valence-electron chi connectivity index (χ2n) is 9.13. The Kier molecular flexibility index (Phi) is 4.44. The second-order valence-corrected chi connectivity index (χ2v) is 13.8. The summed E-state index contributed by atoms with van der Waals surface area (Å²) >= 11 is 0. The smallest absolute Gasteiger partial charge is 0.0750 e. The first-order valence-corrected chi connectivity index (χ1v) is 13.7. The van der Waals surface area contributed by atoms with Crippen molar-refractivity contribution >= 4 is 14.1 Å². The van der Waals surface area contributed by atoms with Gasteiger partial charge in [-0.1, -0.05) is 115 Å². The van der Waals surface area contributed by atoms with Crippen LogP contribution in [0.4, 0.5) is 0 Å². The summed E-state index contributed by atoms with van der Waals surface area (Å²) in [5.74, 6) is 0.348. The first-order chi connectivity index (χ1) is 14.1. The van der Waals surface area contributed by atoms with Gasteiger partial charge in [0.2, 0.25) is 0 Å². The molecule has 0 bridgehead atoms. The maximum Gasteiger partial charge on any atom is 0.0876 e. The lowest BCUT2D eigenvalue weighted by Gasteiger charge is -2.34. The quantitative estimate of drug-likeness (QED) is 0.477. The lowest BCUT2D eigenvalue weighted by atomic mass is 9.90. The largest absolute Gasteiger partial charge is 0.0876 e. The first kappa shape index (κ1) is 18.4. The summed E-state index contributed by atoms with van der Waals surface area (Å²) in [6.07, 6.45) is 15.4. The molecule has 0 amide bonds. The molecule has 1 heteroatoms. The lowest BCUT2D eigenvalue weighted by molar-refractivity contribution is 1.01. The number of benzene rings is 2. The third-order valence-electron chi connectivity index (χ3n) is 6.98. The van der Waals surface area contributed by atoms with Crippen LogP contribution in [0.3, 0.4) is 0 Å². The molecule has 0 fully saturated rings. The summed E-state index contributed by atoms with van der Waals surface area (Å²) in [6.45, 7) is 7.51. The molecule has 0 spiro atoms. The fourth-order valence-electron chi connectivity index (χ4n) is 5.51. The Hall–Kier alpha value is -2.64. The summed E-state index contributed by atoms with van der Waals surface area (Å²) in [6, 6.07) is 19.9. The molecule has 0 nitrogen and oxygen atoms in total. The van der Waals surface area contributed by atoms with E-state index in [1.54, 1.807) is 16.3 Å². The van der Waals surface area contributed by atoms with Crippen molar-refractivity contribution in [3.05, 3.63) is 124 Å². The van der Waals surface area contributed by atoms with Gasteiger partial charge >= 0.3 is 0 Å². The predicted molar refractivity (Wildman–Crippen MR) is 128 cm³/mol. The van der Waals surface area contributed by atoms with Crippen LogP contribution in [0.1, 0.15) is 29.5 Å². The van der Waals surface area contributed by atoms with Crippen molar-refractivity contribution in [3.8, 4) is 0 Å². The average Bonchev–Trinajstić information content (AvgIpc) is 3.25. The van der Waals surface area contributed by atoms with E-state index >= 15 is 0 Å². The third kappa shape index (κ3) is 3.05. The molecule has 29 heavy (non-hydrogen) atoms. The monoisotopic (exact) mass is 392 g/mol. The highest BCUT2D eigenvalue weighted by atomic mass is 28.3. The molecule has 2 atom stereocenters. The molecule has 144 valence electrons. The molecule has 3 aliphatic rings. The molecule has 0 aliphatic heterocycles. The Balaban J connectivity index is 1.56. The van der Waals surface area contributed by atoms with E-state index in [2.05, 4.69) is 111 Å². The van der Waals surface area contributed by atoms with Crippen molar-refractivity contribution in [1.82, 2.24) is 0 Å². The number of hydrogen-bond acceptors (Lipinski definition) is 0. The number of allylic oxidation sites excluding steroid dienone is 9. The van der Waals surface area contributed by atoms with E-state index in [0.29, 0.717) is 11.5 Å². The second kappa shape index (κ2) is 7.00. The Morgan fingerprint density at radius 3 is 2.38 bits per heavy atom. The number of fused-ring (bicyclic) bond motifs is 1. The van der Waals surface area contributed by atoms with Gasteiger partial charge in [0.15, 0.2) is 0 Å². The van der Waals surface area contributed by atoms with E-state index < -0.39 is 8.07 Å². The number of hydrogen-bond donors (Lipinski definition) is 0. The Morgan fingerprint density at radius 1 is 0.828 bits per heavy atom. The molecule has 0 saturated heterocycles. The van der Waals surface area contributed by atoms with E-state index in [9.17, 15) is 0 Å². The zero-order valence-corrected chi connectivity index (χ0v) is 18.5. The zero-order valence-electron chi connectivity index (χ0n) is 17.5. The summed E-state index contributed by atoms with van der Waals surface area (Å²) in [7, 11) is -1.70. The molecule has 0 aromatic heterocycles. The fraction of sp³-hybridized carbons (Fsp3) is 0.214. The minimum Gasteiger partial charge on any atom is -0.0750 e. The molecule has 2 unspecified atom stereocenters. The molecule has 0 N–H and O–H groups in total. The maximum absolute atomic E-state index is 2.58. The summed E-state index contributed by atoms with van der Waals surface area (Å²) in [5.41, 5.74) is 9.46. The highest BCUT2D eigenvalue weighted by Gasteiger charge is 2.43. The molecule has 5 rings (SSSR count). The van der Waals surface area contributed by atoms with Crippen LogP contribution >= 0.6 is 0 Å². The van der Waals surface area contributed by atoms with Gasteiger partial charge in [0, 0.05) is 11.5 Å². The molecule has 0 heterocycles. The van der Waals surface area contributed by atoms with Crippen molar-refractivity contribution in [2.45, 2.75) is 37.9 Å². The van der Waals surface area contributed by atoms with Crippen molar-refractivity contribution < 1.29 is 0 Å². The van der Waals surface area contributed by atoms with Gasteiger partial charge < -0.3 is 0 Å². The van der Waals surface area contributed by atoms with Gasteiger partial charge in [-0.25, -0.2) is 0 Å². The van der Waals surface area contributed by atoms with Gasteiger partial charge in [-0.3, -0.25) is 0 Å². The van der Waals surface area contributed by atoms with Crippen molar-refractivity contribution in [2.24, 2.45) is 0 Å². The molecule has 2 aromatic carbocycles. The topological polar surface area (TPSA) is 0 Å². The highest BCUT2D eigenvalue weighted by Crippen LogP contribution is 2.52. The van der Waals surface area contributed by atoms with Crippen molar-refractivity contribution in [1.29, 1.82) is 0 Å². The van der Waals surface area contributed by atoms with E-state index in [1.165, 1.54) is 22.3 Å². The van der Waals surface area contributed by atoms with Crippen LogP contribution in [0.2, 0.25) is 18.6 Å². The normalized spacial score (nSPS) is 22.9. The minimum absolute atomic E-state index is 0.348. The van der Waals surface area contributed by atoms with Gasteiger partial charge in [-0.15, -0.1) is 0 Å². The average molecular weight is 393 g/mol. The van der Waals surface area contributed by atoms with Crippen molar-refractivity contribution in [3.63, 3.8) is 0 Å². The van der Waals surface area contributed by atoms with Crippen LogP contribution in [-0.4, -0.2) is 8.07 Å². The van der Waals surface area contributed by atoms with Gasteiger partial charge in [-0.2, -0.15) is 0 Å². The summed E-state index contributed by atoms with van der Waals surface area (Å²) < 4.78 is 0. The number of rotatable bonds is 3. The molecular weight excluding hydrogens is 364 g/mol. The minimum atomic E-state index is -1.70. The van der Waals surface area contributed by atoms with Gasteiger partial charge in [0.25, 0.3) is 0 Å². The van der Waals surface area contributed by atoms with Crippen LogP contribution in [0.15, 0.2) is 107 Å². The van der Waals surface area contributed by atoms with Crippen LogP contribution in [0.25, 0.3) is 6.08 Å². The molecule has 0 radical (unpaired) electrons. The van der Waals surface area contributed by atoms with E-state index in [1.807, 2.05) is 0 Å². The third-order valence-corrected chi connectivity index (χ3v) is 11.2. The van der Waals surface area contributed by atoms with Crippen LogP contribution in [0.5, 0.6) is 0 Å². The standard InChI is InChI=1S/C28H28Si/c1-20-17-27-25(21-11-5-4-6-12-21)15-9-10-16-26(27)28(20)29(2,3)24-18-22-13-7-8-14-23(22)19-24/h4-18,25,28H,19H2,1-3H3. The Morgan fingerprint density at radius 2 is 1.59 bits per heavy atom. The lowest BCUT2D eigenvalue weighted by Crippen LogP contribution is -2.36. The molecule has 2 aromatic rings. The Labute approximate surface area is 175 Å². The molecular formula is C28H28Si. The van der Waals surface area contributed by atoms with Gasteiger partial charge in [0.05, 0.1) is 8.07 Å².